The normalized spacial score (nSPS) is 10.4. The van der Waals surface area contributed by atoms with Crippen LogP contribution in [0.1, 0.15) is 5.69 Å². The third-order valence-corrected chi connectivity index (χ3v) is 2.52. The van der Waals surface area contributed by atoms with Crippen LogP contribution in [0.25, 0.3) is 11.3 Å². The van der Waals surface area contributed by atoms with Crippen LogP contribution in [-0.4, -0.2) is 9.97 Å². The van der Waals surface area contributed by atoms with Crippen LogP contribution in [0.15, 0.2) is 29.1 Å². The summed E-state index contributed by atoms with van der Waals surface area (Å²) in [4.78, 5) is 17.7. The van der Waals surface area contributed by atoms with Crippen LogP contribution in [0.2, 0.25) is 5.02 Å². The average Bonchev–Trinajstić information content (AvgIpc) is 2.20. The van der Waals surface area contributed by atoms with Gasteiger partial charge in [0.25, 0.3) is 0 Å². The molecule has 0 fully saturated rings. The predicted octanol–water partition coefficient (Wildman–Crippen LogP) is 1.98. The van der Waals surface area contributed by atoms with Crippen molar-refractivity contribution in [1.29, 1.82) is 0 Å². The Kier molecular flexibility index (Phi) is 2.66. The van der Waals surface area contributed by atoms with Gasteiger partial charge in [0, 0.05) is 11.3 Å². The number of nitrogens with one attached hydrogen (secondary N) is 1. The molecule has 0 spiro atoms. The number of nitrogens with two attached hydrogens (primary N) is 1. The minimum absolute atomic E-state index is 0.372. The Morgan fingerprint density at radius 3 is 2.75 bits per heavy atom. The first kappa shape index (κ1) is 10.7. The molecular formula is C11H10ClN3O. The third-order valence-electron chi connectivity index (χ3n) is 2.17. The highest BCUT2D eigenvalue weighted by molar-refractivity contribution is 6.33. The second-order valence-corrected chi connectivity index (χ2v) is 3.90. The highest BCUT2D eigenvalue weighted by Gasteiger charge is 2.04. The van der Waals surface area contributed by atoms with E-state index in [2.05, 4.69) is 9.97 Å². The van der Waals surface area contributed by atoms with Crippen LogP contribution >= 0.6 is 11.6 Å². The molecule has 0 aliphatic heterocycles. The summed E-state index contributed by atoms with van der Waals surface area (Å²) in [5.41, 5.74) is 7.90. The van der Waals surface area contributed by atoms with Gasteiger partial charge in [-0.2, -0.15) is 4.98 Å². The Hall–Kier alpha value is -1.81. The lowest BCUT2D eigenvalue weighted by Crippen LogP contribution is -2.11. The molecule has 2 rings (SSSR count). The van der Waals surface area contributed by atoms with Gasteiger partial charge in [0.05, 0.1) is 16.4 Å². The number of nitrogens with zero attached hydrogens (tertiary/aromatic N) is 1. The summed E-state index contributed by atoms with van der Waals surface area (Å²) >= 11 is 5.82. The number of nitrogen functional groups attached to an aromatic ring is 1. The van der Waals surface area contributed by atoms with Crippen LogP contribution in [0.5, 0.6) is 0 Å². The molecule has 0 unspecified atom stereocenters. The van der Waals surface area contributed by atoms with Crippen LogP contribution in [0.3, 0.4) is 0 Å². The fraction of sp³-hybridized carbons (Fsp3) is 0.0909. The average molecular weight is 236 g/mol. The first-order valence-electron chi connectivity index (χ1n) is 4.69. The van der Waals surface area contributed by atoms with Crippen molar-refractivity contribution in [2.75, 3.05) is 5.73 Å². The van der Waals surface area contributed by atoms with Gasteiger partial charge in [0.15, 0.2) is 0 Å². The van der Waals surface area contributed by atoms with E-state index in [4.69, 9.17) is 17.3 Å². The fourth-order valence-corrected chi connectivity index (χ4v) is 1.55. The van der Waals surface area contributed by atoms with Gasteiger partial charge in [0.1, 0.15) is 0 Å². The minimum Gasteiger partial charge on any atom is -0.398 e. The van der Waals surface area contributed by atoms with Gasteiger partial charge in [-0.25, -0.2) is 4.79 Å². The molecule has 5 heteroatoms. The molecule has 16 heavy (non-hydrogen) atoms. The largest absolute Gasteiger partial charge is 0.398 e. The summed E-state index contributed by atoms with van der Waals surface area (Å²) in [7, 11) is 0. The molecule has 0 radical (unpaired) electrons. The van der Waals surface area contributed by atoms with Crippen molar-refractivity contribution in [2.45, 2.75) is 6.92 Å². The molecule has 3 N–H and O–H groups in total. The van der Waals surface area contributed by atoms with Gasteiger partial charge in [-0.05, 0) is 25.1 Å². The van der Waals surface area contributed by atoms with Crippen LogP contribution in [-0.2, 0) is 0 Å². The van der Waals surface area contributed by atoms with E-state index in [0.717, 1.165) is 11.3 Å². The Morgan fingerprint density at radius 1 is 1.38 bits per heavy atom. The number of hydrogen-bond acceptors (Lipinski definition) is 3. The zero-order valence-electron chi connectivity index (χ0n) is 8.62. The van der Waals surface area contributed by atoms with Crippen molar-refractivity contribution < 1.29 is 0 Å². The number of aromatic nitrogens is 2. The third kappa shape index (κ3) is 2.06. The van der Waals surface area contributed by atoms with Gasteiger partial charge in [-0.15, -0.1) is 0 Å². The quantitative estimate of drug-likeness (QED) is 0.743. The maximum absolute atomic E-state index is 11.2. The van der Waals surface area contributed by atoms with E-state index in [0.29, 0.717) is 16.4 Å². The number of benzene rings is 1. The molecule has 0 bridgehead atoms. The van der Waals surface area contributed by atoms with E-state index < -0.39 is 0 Å². The van der Waals surface area contributed by atoms with Gasteiger partial charge in [-0.1, -0.05) is 17.7 Å². The van der Waals surface area contributed by atoms with E-state index in [-0.39, 0.29) is 5.69 Å². The van der Waals surface area contributed by atoms with Gasteiger partial charge in [-0.3, -0.25) is 0 Å². The van der Waals surface area contributed by atoms with Crippen LogP contribution in [0.4, 0.5) is 5.69 Å². The number of aryl methyl sites for hydroxylation is 1. The SMILES string of the molecule is Cc1cc(-c2ccc(Cl)c(N)c2)nc(=O)[nH]1. The highest BCUT2D eigenvalue weighted by Crippen LogP contribution is 2.25. The lowest BCUT2D eigenvalue weighted by molar-refractivity contribution is 1.03. The minimum atomic E-state index is -0.372. The zero-order valence-corrected chi connectivity index (χ0v) is 9.38. The van der Waals surface area contributed by atoms with E-state index in [9.17, 15) is 4.79 Å². The number of rotatable bonds is 1. The molecule has 0 aliphatic carbocycles. The number of H-pyrrole nitrogens is 1. The highest BCUT2D eigenvalue weighted by atomic mass is 35.5. The lowest BCUT2D eigenvalue weighted by Gasteiger charge is -2.03. The smallest absolute Gasteiger partial charge is 0.345 e. The lowest BCUT2D eigenvalue weighted by atomic mass is 10.1. The fourth-order valence-electron chi connectivity index (χ4n) is 1.43. The van der Waals surface area contributed by atoms with Crippen LogP contribution < -0.4 is 11.4 Å². The second-order valence-electron chi connectivity index (χ2n) is 3.49. The summed E-state index contributed by atoms with van der Waals surface area (Å²) in [6.07, 6.45) is 0. The molecular weight excluding hydrogens is 226 g/mol. The number of aromatic amines is 1. The summed E-state index contributed by atoms with van der Waals surface area (Å²) < 4.78 is 0. The first-order chi connectivity index (χ1) is 7.56. The molecule has 0 saturated heterocycles. The molecule has 0 saturated carbocycles. The topological polar surface area (TPSA) is 71.8 Å². The monoisotopic (exact) mass is 235 g/mol. The molecule has 0 amide bonds. The Morgan fingerprint density at radius 2 is 2.12 bits per heavy atom. The van der Waals surface area contributed by atoms with Crippen LogP contribution in [0, 0.1) is 6.92 Å². The van der Waals surface area contributed by atoms with E-state index >= 15 is 0 Å². The van der Waals surface area contributed by atoms with Gasteiger partial charge >= 0.3 is 5.69 Å². The Labute approximate surface area is 97.1 Å². The van der Waals surface area contributed by atoms with E-state index in [1.54, 1.807) is 31.2 Å². The molecule has 2 aromatic rings. The summed E-state index contributed by atoms with van der Waals surface area (Å²) in [5.74, 6) is 0. The Bertz CT molecular complexity index is 592. The summed E-state index contributed by atoms with van der Waals surface area (Å²) in [5, 5.41) is 0.491. The molecule has 0 atom stereocenters. The van der Waals surface area contributed by atoms with Crippen molar-refractivity contribution in [2.24, 2.45) is 0 Å². The van der Waals surface area contributed by atoms with Crippen molar-refractivity contribution >= 4 is 17.3 Å². The number of halogens is 1. The number of hydrogen-bond donors (Lipinski definition) is 2. The van der Waals surface area contributed by atoms with Gasteiger partial charge < -0.3 is 10.7 Å². The second kappa shape index (κ2) is 3.98. The standard InChI is InChI=1S/C11H10ClN3O/c1-6-4-10(15-11(16)14-6)7-2-3-8(12)9(13)5-7/h2-5H,13H2,1H3,(H,14,15,16). The maximum Gasteiger partial charge on any atom is 0.345 e. The molecule has 1 heterocycles. The van der Waals surface area contributed by atoms with E-state index in [1.807, 2.05) is 0 Å². The molecule has 0 aliphatic rings. The van der Waals surface area contributed by atoms with Crippen molar-refractivity contribution in [3.63, 3.8) is 0 Å². The van der Waals surface area contributed by atoms with E-state index in [1.165, 1.54) is 0 Å². The number of anilines is 1. The van der Waals surface area contributed by atoms with Crippen molar-refractivity contribution in [3.05, 3.63) is 45.5 Å². The predicted molar refractivity (Wildman–Crippen MR) is 64.5 cm³/mol. The maximum atomic E-state index is 11.2. The summed E-state index contributed by atoms with van der Waals surface area (Å²) in [6, 6.07) is 6.94. The van der Waals surface area contributed by atoms with Crippen molar-refractivity contribution in [1.82, 2.24) is 9.97 Å². The molecule has 4 nitrogen and oxygen atoms in total. The van der Waals surface area contributed by atoms with Crippen molar-refractivity contribution in [3.8, 4) is 11.3 Å². The first-order valence-corrected chi connectivity index (χ1v) is 5.07. The molecule has 1 aromatic carbocycles. The van der Waals surface area contributed by atoms with Gasteiger partial charge in [0.2, 0.25) is 0 Å². The molecule has 82 valence electrons. The zero-order chi connectivity index (χ0) is 11.7. The Balaban J connectivity index is 2.58. The molecule has 1 aromatic heterocycles. The summed E-state index contributed by atoms with van der Waals surface area (Å²) in [6.45, 7) is 1.80.